The van der Waals surface area contributed by atoms with Crippen molar-refractivity contribution >= 4 is 23.2 Å². The molecule has 150 valence electrons. The Bertz CT molecular complexity index is 1260. The quantitative estimate of drug-likeness (QED) is 0.448. The van der Waals surface area contributed by atoms with Gasteiger partial charge in [-0.1, -0.05) is 12.1 Å². The molecule has 4 aromatic rings. The summed E-state index contributed by atoms with van der Waals surface area (Å²) in [4.78, 5) is 24.8. The first-order chi connectivity index (χ1) is 14.4. The number of amides is 1. The van der Waals surface area contributed by atoms with Gasteiger partial charge in [0.1, 0.15) is 23.0 Å². The van der Waals surface area contributed by atoms with E-state index >= 15 is 0 Å². The van der Waals surface area contributed by atoms with Crippen molar-refractivity contribution in [1.29, 1.82) is 0 Å². The maximum atomic E-state index is 13.9. The van der Waals surface area contributed by atoms with Crippen LogP contribution in [0.2, 0.25) is 5.28 Å². The van der Waals surface area contributed by atoms with Gasteiger partial charge >= 0.3 is 0 Å². The number of hydrogen-bond acceptors (Lipinski definition) is 5. The highest BCUT2D eigenvalue weighted by molar-refractivity contribution is 6.28. The zero-order valence-electron chi connectivity index (χ0n) is 15.5. The van der Waals surface area contributed by atoms with Crippen molar-refractivity contribution in [3.63, 3.8) is 0 Å². The summed E-state index contributed by atoms with van der Waals surface area (Å²) in [7, 11) is 0. The number of oxazole rings is 1. The first-order valence-electron chi connectivity index (χ1n) is 8.74. The molecule has 0 aliphatic carbocycles. The van der Waals surface area contributed by atoms with Crippen LogP contribution in [0.1, 0.15) is 16.2 Å². The number of nitrogens with zero attached hydrogens (tertiary/aromatic N) is 3. The molecule has 0 saturated carbocycles. The topological polar surface area (TPSA) is 80.9 Å². The second-order valence-corrected chi connectivity index (χ2v) is 6.62. The number of carbonyl (C=O) groups excluding carboxylic acids is 1. The van der Waals surface area contributed by atoms with Crippen LogP contribution in [0.15, 0.2) is 59.1 Å². The number of hydrogen-bond donors (Lipinski definition) is 1. The van der Waals surface area contributed by atoms with Crippen molar-refractivity contribution in [3.05, 3.63) is 83.1 Å². The van der Waals surface area contributed by atoms with Gasteiger partial charge in [-0.2, -0.15) is 0 Å². The van der Waals surface area contributed by atoms with Crippen LogP contribution < -0.4 is 5.32 Å². The van der Waals surface area contributed by atoms with E-state index in [1.54, 1.807) is 37.3 Å². The molecular weight excluding hydrogens is 414 g/mol. The highest BCUT2D eigenvalue weighted by Gasteiger charge is 2.18. The minimum atomic E-state index is -0.819. The van der Waals surface area contributed by atoms with Crippen molar-refractivity contribution in [2.75, 3.05) is 5.32 Å². The van der Waals surface area contributed by atoms with E-state index < -0.39 is 23.1 Å². The van der Waals surface area contributed by atoms with Crippen LogP contribution in [0.25, 0.3) is 22.7 Å². The van der Waals surface area contributed by atoms with Gasteiger partial charge in [-0.05, 0) is 48.0 Å². The highest BCUT2D eigenvalue weighted by Crippen LogP contribution is 2.33. The van der Waals surface area contributed by atoms with Gasteiger partial charge in [0.2, 0.25) is 5.28 Å². The normalized spacial score (nSPS) is 10.8. The summed E-state index contributed by atoms with van der Waals surface area (Å²) in [5.41, 5.74) is 1.52. The monoisotopic (exact) mass is 426 g/mol. The Kier molecular flexibility index (Phi) is 5.24. The average molecular weight is 427 g/mol. The van der Waals surface area contributed by atoms with E-state index in [9.17, 15) is 13.6 Å². The zero-order chi connectivity index (χ0) is 21.3. The highest BCUT2D eigenvalue weighted by atomic mass is 35.5. The third-order valence-corrected chi connectivity index (χ3v) is 4.34. The maximum absolute atomic E-state index is 13.9. The first kappa shape index (κ1) is 19.7. The van der Waals surface area contributed by atoms with Gasteiger partial charge in [-0.3, -0.25) is 4.79 Å². The Balaban J connectivity index is 1.68. The van der Waals surface area contributed by atoms with Gasteiger partial charge in [-0.25, -0.2) is 23.7 Å². The average Bonchev–Trinajstić information content (AvgIpc) is 3.12. The molecule has 2 heterocycles. The van der Waals surface area contributed by atoms with Crippen molar-refractivity contribution in [1.82, 2.24) is 15.0 Å². The molecule has 0 aliphatic rings. The summed E-state index contributed by atoms with van der Waals surface area (Å²) >= 11 is 5.88. The van der Waals surface area contributed by atoms with Gasteiger partial charge in [-0.15, -0.1) is 0 Å². The Morgan fingerprint density at radius 1 is 1.10 bits per heavy atom. The summed E-state index contributed by atoms with van der Waals surface area (Å²) in [6.45, 7) is 1.69. The molecule has 9 heteroatoms. The van der Waals surface area contributed by atoms with Gasteiger partial charge in [0.25, 0.3) is 5.91 Å². The molecule has 6 nitrogen and oxygen atoms in total. The number of aromatic nitrogens is 3. The van der Waals surface area contributed by atoms with E-state index in [-0.39, 0.29) is 5.28 Å². The number of aryl methyl sites for hydroxylation is 1. The fourth-order valence-corrected chi connectivity index (χ4v) is 3.02. The summed E-state index contributed by atoms with van der Waals surface area (Å²) in [5, 5.41) is 2.62. The number of benzene rings is 2. The first-order valence-corrected chi connectivity index (χ1v) is 9.11. The lowest BCUT2D eigenvalue weighted by atomic mass is 10.1. The Hall–Kier alpha value is -3.65. The predicted molar refractivity (Wildman–Crippen MR) is 107 cm³/mol. The molecule has 0 atom stereocenters. The second-order valence-electron chi connectivity index (χ2n) is 6.28. The molecule has 0 unspecified atom stereocenters. The van der Waals surface area contributed by atoms with Crippen molar-refractivity contribution in [2.24, 2.45) is 0 Å². The summed E-state index contributed by atoms with van der Waals surface area (Å²) in [6.07, 6.45) is 1.50. The lowest BCUT2D eigenvalue weighted by Gasteiger charge is -2.08. The minimum Gasteiger partial charge on any atom is -0.439 e. The van der Waals surface area contributed by atoms with Crippen molar-refractivity contribution in [3.8, 4) is 22.7 Å². The fourth-order valence-electron chi connectivity index (χ4n) is 2.87. The SMILES string of the molecule is Cc1nc(-c2cccc(NC(=O)c3cc(F)ccc3F)c2)c(-c2ccnc(Cl)n2)o1. The number of halogens is 3. The van der Waals surface area contributed by atoms with E-state index in [1.165, 1.54) is 6.20 Å². The Morgan fingerprint density at radius 2 is 1.93 bits per heavy atom. The molecule has 0 spiro atoms. The predicted octanol–water partition coefficient (Wildman–Crippen LogP) is 5.29. The van der Waals surface area contributed by atoms with Crippen LogP contribution in [0.3, 0.4) is 0 Å². The molecule has 4 rings (SSSR count). The second kappa shape index (κ2) is 8.00. The molecule has 0 bridgehead atoms. The largest absolute Gasteiger partial charge is 0.439 e. The van der Waals surface area contributed by atoms with Crippen molar-refractivity contribution < 1.29 is 18.0 Å². The van der Waals surface area contributed by atoms with E-state index in [1.807, 2.05) is 0 Å². The maximum Gasteiger partial charge on any atom is 0.258 e. The summed E-state index contributed by atoms with van der Waals surface area (Å²) < 4.78 is 32.9. The van der Waals surface area contributed by atoms with Crippen LogP contribution in [0.5, 0.6) is 0 Å². The zero-order valence-corrected chi connectivity index (χ0v) is 16.2. The van der Waals surface area contributed by atoms with Crippen LogP contribution in [0.4, 0.5) is 14.5 Å². The fraction of sp³-hybridized carbons (Fsp3) is 0.0476. The van der Waals surface area contributed by atoms with Crippen LogP contribution in [0, 0.1) is 18.6 Å². The number of nitrogens with one attached hydrogen (secondary N) is 1. The van der Waals surface area contributed by atoms with Crippen molar-refractivity contribution in [2.45, 2.75) is 6.92 Å². The molecule has 0 aliphatic heterocycles. The number of anilines is 1. The van der Waals surface area contributed by atoms with Gasteiger partial charge in [0.15, 0.2) is 11.7 Å². The summed E-state index contributed by atoms with van der Waals surface area (Å²) in [6, 6.07) is 11.0. The molecule has 2 aromatic carbocycles. The molecule has 0 fully saturated rings. The third-order valence-electron chi connectivity index (χ3n) is 4.16. The molecule has 0 saturated heterocycles. The molecule has 1 N–H and O–H groups in total. The van der Waals surface area contributed by atoms with E-state index in [2.05, 4.69) is 20.3 Å². The van der Waals surface area contributed by atoms with E-state index in [4.69, 9.17) is 16.0 Å². The Morgan fingerprint density at radius 3 is 2.73 bits per heavy atom. The molecule has 2 aromatic heterocycles. The molecule has 1 amide bonds. The van der Waals surface area contributed by atoms with Crippen LogP contribution >= 0.6 is 11.6 Å². The van der Waals surface area contributed by atoms with Crippen LogP contribution in [-0.4, -0.2) is 20.9 Å². The van der Waals surface area contributed by atoms with E-state index in [0.717, 1.165) is 18.2 Å². The van der Waals surface area contributed by atoms with Gasteiger partial charge in [0.05, 0.1) is 5.56 Å². The Labute approximate surface area is 174 Å². The number of carbonyl (C=O) groups is 1. The van der Waals surface area contributed by atoms with Gasteiger partial charge < -0.3 is 9.73 Å². The minimum absolute atomic E-state index is 0.0608. The molecule has 0 radical (unpaired) electrons. The summed E-state index contributed by atoms with van der Waals surface area (Å²) in [5.74, 6) is -1.51. The molecular formula is C21H13ClF2N4O2. The lowest BCUT2D eigenvalue weighted by molar-refractivity contribution is 0.102. The smallest absolute Gasteiger partial charge is 0.258 e. The van der Waals surface area contributed by atoms with Crippen LogP contribution in [-0.2, 0) is 0 Å². The standard InChI is InChI=1S/C21H13ClF2N4O2/c1-11-26-18(19(30-11)17-7-8-25-21(22)28-17)12-3-2-4-14(9-12)27-20(29)15-10-13(23)5-6-16(15)24/h2-10H,1H3,(H,27,29). The molecule has 30 heavy (non-hydrogen) atoms. The van der Waals surface area contributed by atoms with E-state index in [0.29, 0.717) is 34.3 Å². The third kappa shape index (κ3) is 4.04. The van der Waals surface area contributed by atoms with Gasteiger partial charge in [0, 0.05) is 24.4 Å². The number of rotatable bonds is 4. The lowest BCUT2D eigenvalue weighted by Crippen LogP contribution is -2.14.